The Balaban J connectivity index is 2.80. The van der Waals surface area contributed by atoms with Crippen molar-refractivity contribution in [1.82, 2.24) is 0 Å². The van der Waals surface area contributed by atoms with Gasteiger partial charge in [0.05, 0.1) is 18.8 Å². The second-order valence-electron chi connectivity index (χ2n) is 5.68. The molecule has 2 N–H and O–H groups in total. The Morgan fingerprint density at radius 3 is 2.29 bits per heavy atom. The summed E-state index contributed by atoms with van der Waals surface area (Å²) < 4.78 is 16.6. The van der Waals surface area contributed by atoms with Crippen molar-refractivity contribution in [3.8, 4) is 11.5 Å². The molecule has 0 heterocycles. The van der Waals surface area contributed by atoms with Crippen LogP contribution in [0.2, 0.25) is 0 Å². The van der Waals surface area contributed by atoms with Crippen molar-refractivity contribution < 1.29 is 14.2 Å². The standard InChI is InChI=1S/C17H29NO3/c1-6-20-15-9-8-13(12-16(15)21-7-2)14(18)10-11-17(3,4)19-5/h8-9,12,14H,6-7,10-11,18H2,1-5H3. The van der Waals surface area contributed by atoms with Crippen LogP contribution >= 0.6 is 0 Å². The third kappa shape index (κ3) is 5.56. The van der Waals surface area contributed by atoms with Crippen LogP contribution in [0, 0.1) is 0 Å². The van der Waals surface area contributed by atoms with Crippen LogP contribution in [0.15, 0.2) is 18.2 Å². The zero-order valence-electron chi connectivity index (χ0n) is 13.9. The summed E-state index contributed by atoms with van der Waals surface area (Å²) in [6.07, 6.45) is 1.77. The number of methoxy groups -OCH3 is 1. The van der Waals surface area contributed by atoms with Gasteiger partial charge in [0, 0.05) is 13.2 Å². The van der Waals surface area contributed by atoms with Gasteiger partial charge in [-0.05, 0) is 58.2 Å². The molecular weight excluding hydrogens is 266 g/mol. The van der Waals surface area contributed by atoms with E-state index in [1.807, 2.05) is 32.0 Å². The summed E-state index contributed by atoms with van der Waals surface area (Å²) >= 11 is 0. The molecule has 1 aromatic carbocycles. The lowest BCUT2D eigenvalue weighted by molar-refractivity contribution is 0.0125. The van der Waals surface area contributed by atoms with Crippen LogP contribution in [0.4, 0.5) is 0 Å². The number of hydrogen-bond acceptors (Lipinski definition) is 4. The summed E-state index contributed by atoms with van der Waals surface area (Å²) in [5.74, 6) is 1.53. The molecule has 1 atom stereocenters. The largest absolute Gasteiger partial charge is 0.490 e. The molecule has 1 aromatic rings. The molecule has 0 spiro atoms. The summed E-state index contributed by atoms with van der Waals surface area (Å²) in [6.45, 7) is 9.29. The van der Waals surface area contributed by atoms with Gasteiger partial charge in [-0.25, -0.2) is 0 Å². The minimum atomic E-state index is -0.147. The molecule has 0 saturated carbocycles. The lowest BCUT2D eigenvalue weighted by Crippen LogP contribution is -2.24. The predicted molar refractivity (Wildman–Crippen MR) is 86.0 cm³/mol. The molecule has 4 heteroatoms. The summed E-state index contributed by atoms with van der Waals surface area (Å²) in [5, 5.41) is 0. The monoisotopic (exact) mass is 295 g/mol. The number of rotatable bonds is 9. The van der Waals surface area contributed by atoms with Gasteiger partial charge in [-0.15, -0.1) is 0 Å². The Morgan fingerprint density at radius 1 is 1.10 bits per heavy atom. The van der Waals surface area contributed by atoms with E-state index in [0.717, 1.165) is 29.9 Å². The first-order valence-electron chi connectivity index (χ1n) is 7.63. The van der Waals surface area contributed by atoms with Gasteiger partial charge in [-0.2, -0.15) is 0 Å². The highest BCUT2D eigenvalue weighted by Crippen LogP contribution is 2.32. The van der Waals surface area contributed by atoms with Gasteiger partial charge < -0.3 is 19.9 Å². The molecule has 0 aliphatic heterocycles. The molecule has 0 aromatic heterocycles. The summed E-state index contributed by atoms with van der Waals surface area (Å²) in [5.41, 5.74) is 7.21. The Labute approximate surface area is 128 Å². The molecular formula is C17H29NO3. The van der Waals surface area contributed by atoms with Crippen molar-refractivity contribution in [2.45, 2.75) is 52.2 Å². The number of ether oxygens (including phenoxy) is 3. The third-order valence-electron chi connectivity index (χ3n) is 3.61. The number of benzene rings is 1. The number of nitrogens with two attached hydrogens (primary N) is 1. The van der Waals surface area contributed by atoms with Crippen molar-refractivity contribution in [1.29, 1.82) is 0 Å². The molecule has 0 amide bonds. The van der Waals surface area contributed by atoms with Gasteiger partial charge in [0.25, 0.3) is 0 Å². The second kappa shape index (κ2) is 8.25. The minimum absolute atomic E-state index is 0.0330. The van der Waals surface area contributed by atoms with E-state index in [0.29, 0.717) is 13.2 Å². The lowest BCUT2D eigenvalue weighted by atomic mass is 9.95. The Bertz CT molecular complexity index is 432. The quantitative estimate of drug-likeness (QED) is 0.755. The van der Waals surface area contributed by atoms with Crippen LogP contribution in [0.3, 0.4) is 0 Å². The van der Waals surface area contributed by atoms with E-state index in [2.05, 4.69) is 13.8 Å². The van der Waals surface area contributed by atoms with Gasteiger partial charge in [0.15, 0.2) is 11.5 Å². The van der Waals surface area contributed by atoms with Crippen molar-refractivity contribution in [2.24, 2.45) is 5.73 Å². The molecule has 120 valence electrons. The summed E-state index contributed by atoms with van der Waals surface area (Å²) in [7, 11) is 1.73. The molecule has 0 fully saturated rings. The van der Waals surface area contributed by atoms with Crippen molar-refractivity contribution in [3.05, 3.63) is 23.8 Å². The molecule has 1 rings (SSSR count). The zero-order valence-corrected chi connectivity index (χ0v) is 13.9. The molecule has 0 radical (unpaired) electrons. The average Bonchev–Trinajstić information content (AvgIpc) is 2.47. The molecule has 0 saturated heterocycles. The summed E-state index contributed by atoms with van der Waals surface area (Å²) in [6, 6.07) is 5.90. The van der Waals surface area contributed by atoms with Crippen LogP contribution in [0.5, 0.6) is 11.5 Å². The molecule has 1 unspecified atom stereocenters. The molecule has 4 nitrogen and oxygen atoms in total. The van der Waals surface area contributed by atoms with E-state index >= 15 is 0 Å². The Kier molecular flexibility index (Phi) is 6.99. The molecule has 0 bridgehead atoms. The van der Waals surface area contributed by atoms with Crippen molar-refractivity contribution in [3.63, 3.8) is 0 Å². The van der Waals surface area contributed by atoms with Crippen molar-refractivity contribution >= 4 is 0 Å². The highest BCUT2D eigenvalue weighted by Gasteiger charge is 2.19. The average molecular weight is 295 g/mol. The highest BCUT2D eigenvalue weighted by molar-refractivity contribution is 5.43. The van der Waals surface area contributed by atoms with Gasteiger partial charge in [0.1, 0.15) is 0 Å². The van der Waals surface area contributed by atoms with E-state index in [1.165, 1.54) is 0 Å². The van der Waals surface area contributed by atoms with Gasteiger partial charge in [0.2, 0.25) is 0 Å². The SMILES string of the molecule is CCOc1ccc(C(N)CCC(C)(C)OC)cc1OCC. The Hall–Kier alpha value is -1.26. The fourth-order valence-electron chi connectivity index (χ4n) is 2.07. The van der Waals surface area contributed by atoms with Crippen LogP contribution in [-0.4, -0.2) is 25.9 Å². The van der Waals surface area contributed by atoms with Gasteiger partial charge in [-0.1, -0.05) is 6.07 Å². The van der Waals surface area contributed by atoms with Gasteiger partial charge in [-0.3, -0.25) is 0 Å². The summed E-state index contributed by atoms with van der Waals surface area (Å²) in [4.78, 5) is 0. The smallest absolute Gasteiger partial charge is 0.161 e. The topological polar surface area (TPSA) is 53.7 Å². The van der Waals surface area contributed by atoms with E-state index in [4.69, 9.17) is 19.9 Å². The lowest BCUT2D eigenvalue weighted by Gasteiger charge is -2.25. The van der Waals surface area contributed by atoms with Crippen molar-refractivity contribution in [2.75, 3.05) is 20.3 Å². The highest BCUT2D eigenvalue weighted by atomic mass is 16.5. The first-order valence-corrected chi connectivity index (χ1v) is 7.63. The Morgan fingerprint density at radius 2 is 1.71 bits per heavy atom. The second-order valence-corrected chi connectivity index (χ2v) is 5.68. The van der Waals surface area contributed by atoms with E-state index in [1.54, 1.807) is 7.11 Å². The maximum atomic E-state index is 6.29. The maximum absolute atomic E-state index is 6.29. The normalized spacial score (nSPS) is 13.0. The fraction of sp³-hybridized carbons (Fsp3) is 0.647. The van der Waals surface area contributed by atoms with E-state index in [-0.39, 0.29) is 11.6 Å². The van der Waals surface area contributed by atoms with E-state index < -0.39 is 0 Å². The van der Waals surface area contributed by atoms with Crippen LogP contribution in [0.1, 0.15) is 52.1 Å². The predicted octanol–water partition coefficient (Wildman–Crippen LogP) is 3.69. The van der Waals surface area contributed by atoms with Crippen LogP contribution in [0.25, 0.3) is 0 Å². The van der Waals surface area contributed by atoms with Crippen LogP contribution in [-0.2, 0) is 4.74 Å². The first-order chi connectivity index (χ1) is 9.93. The molecule has 21 heavy (non-hydrogen) atoms. The molecule has 0 aliphatic rings. The first kappa shape index (κ1) is 17.8. The minimum Gasteiger partial charge on any atom is -0.490 e. The zero-order chi connectivity index (χ0) is 15.9. The number of hydrogen-bond donors (Lipinski definition) is 1. The maximum Gasteiger partial charge on any atom is 0.161 e. The molecule has 0 aliphatic carbocycles. The third-order valence-corrected chi connectivity index (χ3v) is 3.61. The van der Waals surface area contributed by atoms with Gasteiger partial charge >= 0.3 is 0 Å². The fourth-order valence-corrected chi connectivity index (χ4v) is 2.07. The van der Waals surface area contributed by atoms with E-state index in [9.17, 15) is 0 Å². The van der Waals surface area contributed by atoms with Crippen LogP contribution < -0.4 is 15.2 Å².